The minimum absolute atomic E-state index is 0.820. The number of nitrogen functional groups attached to an aromatic ring is 1. The molecule has 1 aromatic heterocycles. The van der Waals surface area contributed by atoms with Gasteiger partial charge in [-0.3, -0.25) is 0 Å². The van der Waals surface area contributed by atoms with Crippen LogP contribution in [0.25, 0.3) is 0 Å². The average molecular weight is 235 g/mol. The van der Waals surface area contributed by atoms with Crippen molar-refractivity contribution in [3.05, 3.63) is 12.0 Å². The molecule has 0 aliphatic heterocycles. The first kappa shape index (κ1) is 12.5. The number of hydrogen-bond donors (Lipinski definition) is 1. The van der Waals surface area contributed by atoms with Crippen LogP contribution in [-0.2, 0) is 13.0 Å². The molecular formula is C14H25N3. The van der Waals surface area contributed by atoms with E-state index in [0.29, 0.717) is 0 Å². The molecule has 0 atom stereocenters. The van der Waals surface area contributed by atoms with E-state index in [0.717, 1.165) is 30.4 Å². The van der Waals surface area contributed by atoms with Crippen LogP contribution in [0.15, 0.2) is 6.33 Å². The fraction of sp³-hybridized carbons (Fsp3) is 0.786. The molecule has 0 bridgehead atoms. The summed E-state index contributed by atoms with van der Waals surface area (Å²) >= 11 is 0. The van der Waals surface area contributed by atoms with E-state index in [1.54, 1.807) is 0 Å². The minimum atomic E-state index is 0.820. The number of imidazole rings is 1. The Kier molecular flexibility index (Phi) is 4.46. The van der Waals surface area contributed by atoms with Crippen molar-refractivity contribution in [2.24, 2.45) is 5.92 Å². The number of rotatable bonds is 5. The first-order valence-corrected chi connectivity index (χ1v) is 7.10. The van der Waals surface area contributed by atoms with E-state index in [2.05, 4.69) is 16.5 Å². The molecule has 17 heavy (non-hydrogen) atoms. The molecule has 1 aliphatic carbocycles. The van der Waals surface area contributed by atoms with Gasteiger partial charge in [-0.25, -0.2) is 4.98 Å². The van der Waals surface area contributed by atoms with E-state index in [-0.39, 0.29) is 0 Å². The zero-order valence-corrected chi connectivity index (χ0v) is 11.0. The van der Waals surface area contributed by atoms with Gasteiger partial charge in [0.1, 0.15) is 5.82 Å². The number of anilines is 1. The summed E-state index contributed by atoms with van der Waals surface area (Å²) < 4.78 is 2.11. The maximum atomic E-state index is 6.16. The molecule has 2 rings (SSSR count). The molecule has 1 aromatic rings. The molecule has 3 nitrogen and oxygen atoms in total. The Labute approximate surface area is 104 Å². The third kappa shape index (κ3) is 3.24. The molecule has 1 fully saturated rings. The molecule has 0 radical (unpaired) electrons. The van der Waals surface area contributed by atoms with E-state index in [1.807, 2.05) is 6.33 Å². The maximum Gasteiger partial charge on any atom is 0.126 e. The lowest BCUT2D eigenvalue weighted by Crippen LogP contribution is -2.11. The van der Waals surface area contributed by atoms with Crippen molar-refractivity contribution in [1.82, 2.24) is 9.55 Å². The Balaban J connectivity index is 1.93. The molecule has 1 saturated carbocycles. The molecule has 0 amide bonds. The quantitative estimate of drug-likeness (QED) is 0.850. The summed E-state index contributed by atoms with van der Waals surface area (Å²) in [5, 5.41) is 0. The van der Waals surface area contributed by atoms with Crippen molar-refractivity contribution in [2.45, 2.75) is 64.8 Å². The first-order chi connectivity index (χ1) is 8.31. The summed E-state index contributed by atoms with van der Waals surface area (Å²) in [4.78, 5) is 4.50. The highest BCUT2D eigenvalue weighted by molar-refractivity contribution is 5.36. The van der Waals surface area contributed by atoms with Crippen molar-refractivity contribution < 1.29 is 0 Å². The molecule has 2 N–H and O–H groups in total. The zero-order chi connectivity index (χ0) is 12.1. The van der Waals surface area contributed by atoms with E-state index < -0.39 is 0 Å². The van der Waals surface area contributed by atoms with E-state index >= 15 is 0 Å². The van der Waals surface area contributed by atoms with Gasteiger partial charge in [0.25, 0.3) is 0 Å². The Morgan fingerprint density at radius 1 is 1.35 bits per heavy atom. The second-order valence-corrected chi connectivity index (χ2v) is 5.33. The van der Waals surface area contributed by atoms with Crippen LogP contribution in [0.2, 0.25) is 0 Å². The molecule has 1 aliphatic rings. The third-order valence-corrected chi connectivity index (χ3v) is 3.92. The molecule has 3 heteroatoms. The van der Waals surface area contributed by atoms with Crippen molar-refractivity contribution in [2.75, 3.05) is 5.73 Å². The highest BCUT2D eigenvalue weighted by atomic mass is 15.1. The van der Waals surface area contributed by atoms with Gasteiger partial charge in [-0.05, 0) is 18.8 Å². The molecule has 0 spiro atoms. The SMILES string of the molecule is CCCCn1cnc(CC2CCCCC2)c1N. The molecular weight excluding hydrogens is 210 g/mol. The molecule has 1 heterocycles. The number of nitrogens with zero attached hydrogens (tertiary/aromatic N) is 2. The Morgan fingerprint density at radius 2 is 2.12 bits per heavy atom. The van der Waals surface area contributed by atoms with Crippen LogP contribution < -0.4 is 5.73 Å². The van der Waals surface area contributed by atoms with Gasteiger partial charge < -0.3 is 10.3 Å². The Bertz CT molecular complexity index is 337. The summed E-state index contributed by atoms with van der Waals surface area (Å²) in [5.74, 6) is 1.73. The zero-order valence-electron chi connectivity index (χ0n) is 11.0. The van der Waals surface area contributed by atoms with Gasteiger partial charge in [0.05, 0.1) is 12.0 Å². The normalized spacial score (nSPS) is 17.5. The van der Waals surface area contributed by atoms with Crippen LogP contribution in [0, 0.1) is 5.92 Å². The van der Waals surface area contributed by atoms with Gasteiger partial charge in [0.2, 0.25) is 0 Å². The van der Waals surface area contributed by atoms with Gasteiger partial charge in [-0.1, -0.05) is 45.4 Å². The minimum Gasteiger partial charge on any atom is -0.384 e. The molecule has 96 valence electrons. The van der Waals surface area contributed by atoms with Crippen LogP contribution in [0.3, 0.4) is 0 Å². The van der Waals surface area contributed by atoms with Crippen LogP contribution >= 0.6 is 0 Å². The number of hydrogen-bond acceptors (Lipinski definition) is 2. The lowest BCUT2D eigenvalue weighted by Gasteiger charge is -2.20. The maximum absolute atomic E-state index is 6.16. The number of aromatic nitrogens is 2. The topological polar surface area (TPSA) is 43.8 Å². The largest absolute Gasteiger partial charge is 0.384 e. The van der Waals surface area contributed by atoms with Crippen LogP contribution in [0.5, 0.6) is 0 Å². The second kappa shape index (κ2) is 6.08. The number of aryl methyl sites for hydroxylation is 1. The van der Waals surface area contributed by atoms with Gasteiger partial charge >= 0.3 is 0 Å². The van der Waals surface area contributed by atoms with Crippen LogP contribution in [0.4, 0.5) is 5.82 Å². The smallest absolute Gasteiger partial charge is 0.126 e. The molecule has 0 saturated heterocycles. The van der Waals surface area contributed by atoms with Gasteiger partial charge in [0, 0.05) is 6.54 Å². The van der Waals surface area contributed by atoms with Crippen LogP contribution in [0.1, 0.15) is 57.6 Å². The van der Waals surface area contributed by atoms with Crippen molar-refractivity contribution in [3.8, 4) is 0 Å². The highest BCUT2D eigenvalue weighted by Gasteiger charge is 2.17. The third-order valence-electron chi connectivity index (χ3n) is 3.92. The summed E-state index contributed by atoms with van der Waals surface area (Å²) in [6.45, 7) is 3.22. The summed E-state index contributed by atoms with van der Waals surface area (Å²) in [7, 11) is 0. The van der Waals surface area contributed by atoms with E-state index in [4.69, 9.17) is 5.73 Å². The highest BCUT2D eigenvalue weighted by Crippen LogP contribution is 2.28. The van der Waals surface area contributed by atoms with E-state index in [9.17, 15) is 0 Å². The summed E-state index contributed by atoms with van der Waals surface area (Å²) in [6, 6.07) is 0. The van der Waals surface area contributed by atoms with Crippen molar-refractivity contribution >= 4 is 5.82 Å². The molecule has 0 unspecified atom stereocenters. The first-order valence-electron chi connectivity index (χ1n) is 7.10. The summed E-state index contributed by atoms with van der Waals surface area (Å²) in [5.41, 5.74) is 7.29. The number of nitrogens with two attached hydrogens (primary N) is 1. The summed E-state index contributed by atoms with van der Waals surface area (Å²) in [6.07, 6.45) is 12.3. The second-order valence-electron chi connectivity index (χ2n) is 5.33. The molecule has 0 aromatic carbocycles. The predicted molar refractivity (Wildman–Crippen MR) is 71.8 cm³/mol. The van der Waals surface area contributed by atoms with Crippen molar-refractivity contribution in [1.29, 1.82) is 0 Å². The van der Waals surface area contributed by atoms with Crippen LogP contribution in [-0.4, -0.2) is 9.55 Å². The number of unbranched alkanes of at least 4 members (excludes halogenated alkanes) is 1. The lowest BCUT2D eigenvalue weighted by molar-refractivity contribution is 0.355. The Morgan fingerprint density at radius 3 is 2.82 bits per heavy atom. The monoisotopic (exact) mass is 235 g/mol. The van der Waals surface area contributed by atoms with Crippen molar-refractivity contribution in [3.63, 3.8) is 0 Å². The fourth-order valence-electron chi connectivity index (χ4n) is 2.76. The lowest BCUT2D eigenvalue weighted by atomic mass is 9.86. The van der Waals surface area contributed by atoms with Gasteiger partial charge in [-0.2, -0.15) is 0 Å². The van der Waals surface area contributed by atoms with E-state index in [1.165, 1.54) is 44.9 Å². The van der Waals surface area contributed by atoms with Gasteiger partial charge in [0.15, 0.2) is 0 Å². The Hall–Kier alpha value is -0.990. The predicted octanol–water partition coefficient (Wildman–Crippen LogP) is 3.39. The standard InChI is InChI=1S/C14H25N3/c1-2-3-9-17-11-16-13(14(17)15)10-12-7-5-4-6-8-12/h11-12H,2-10,15H2,1H3. The average Bonchev–Trinajstić information content (AvgIpc) is 2.70. The fourth-order valence-corrected chi connectivity index (χ4v) is 2.76. The van der Waals surface area contributed by atoms with Gasteiger partial charge in [-0.15, -0.1) is 0 Å².